The van der Waals surface area contributed by atoms with Gasteiger partial charge in [0, 0.05) is 25.9 Å². The largest absolute Gasteiger partial charge is 0.480 e. The SMILES string of the molecule is Cc1c(Sc2ccc(Cl)cc2)c2cc(F)cnc2n1CC(=O)O. The lowest BCUT2D eigenvalue weighted by Crippen LogP contribution is -2.10. The van der Waals surface area contributed by atoms with Crippen LogP contribution >= 0.6 is 23.4 Å². The Morgan fingerprint density at radius 1 is 1.39 bits per heavy atom. The predicted molar refractivity (Wildman–Crippen MR) is 87.6 cm³/mol. The average Bonchev–Trinajstić information content (AvgIpc) is 2.74. The third-order valence-corrected chi connectivity index (χ3v) is 4.87. The molecule has 0 aliphatic carbocycles. The first-order chi connectivity index (χ1) is 11.0. The van der Waals surface area contributed by atoms with Crippen LogP contribution in [0.3, 0.4) is 0 Å². The summed E-state index contributed by atoms with van der Waals surface area (Å²) in [6.45, 7) is 1.59. The maximum absolute atomic E-state index is 13.6. The molecule has 23 heavy (non-hydrogen) atoms. The summed E-state index contributed by atoms with van der Waals surface area (Å²) in [6.07, 6.45) is 1.09. The monoisotopic (exact) mass is 350 g/mol. The molecule has 7 heteroatoms. The van der Waals surface area contributed by atoms with Crippen molar-refractivity contribution in [3.63, 3.8) is 0 Å². The maximum Gasteiger partial charge on any atom is 0.323 e. The molecular formula is C16H12ClFN2O2S. The molecular weight excluding hydrogens is 339 g/mol. The Balaban J connectivity index is 2.14. The van der Waals surface area contributed by atoms with Gasteiger partial charge in [0.25, 0.3) is 0 Å². The molecule has 0 spiro atoms. The molecule has 4 nitrogen and oxygen atoms in total. The molecule has 0 aliphatic rings. The lowest BCUT2D eigenvalue weighted by atomic mass is 10.3. The summed E-state index contributed by atoms with van der Waals surface area (Å²) in [6, 6.07) is 8.65. The van der Waals surface area contributed by atoms with E-state index in [-0.39, 0.29) is 6.54 Å². The van der Waals surface area contributed by atoms with E-state index in [1.807, 2.05) is 12.1 Å². The second-order valence-electron chi connectivity index (χ2n) is 4.98. The molecule has 0 bridgehead atoms. The van der Waals surface area contributed by atoms with Gasteiger partial charge in [0.05, 0.1) is 6.20 Å². The van der Waals surface area contributed by atoms with Crippen molar-refractivity contribution in [2.75, 3.05) is 0 Å². The summed E-state index contributed by atoms with van der Waals surface area (Å²) >= 11 is 7.31. The standard InChI is InChI=1S/C16H12ClFN2O2S/c1-9-15(23-12-4-2-10(17)3-5-12)13-6-11(18)7-19-16(13)20(9)8-14(21)22/h2-7H,8H2,1H3,(H,21,22). The smallest absolute Gasteiger partial charge is 0.323 e. The van der Waals surface area contributed by atoms with E-state index in [2.05, 4.69) is 4.98 Å². The molecule has 0 amide bonds. The fourth-order valence-electron chi connectivity index (χ4n) is 2.37. The molecule has 1 N–H and O–H groups in total. The van der Waals surface area contributed by atoms with E-state index in [1.54, 1.807) is 23.6 Å². The lowest BCUT2D eigenvalue weighted by Gasteiger charge is -2.05. The van der Waals surface area contributed by atoms with Gasteiger partial charge in [-0.15, -0.1) is 0 Å². The minimum atomic E-state index is -0.973. The Labute approximate surface area is 140 Å². The van der Waals surface area contributed by atoms with E-state index in [0.717, 1.165) is 21.7 Å². The molecule has 0 fully saturated rings. The van der Waals surface area contributed by atoms with Crippen molar-refractivity contribution in [2.24, 2.45) is 0 Å². The number of pyridine rings is 1. The molecule has 2 heterocycles. The summed E-state index contributed by atoms with van der Waals surface area (Å²) in [7, 11) is 0. The zero-order chi connectivity index (χ0) is 16.6. The first-order valence-corrected chi connectivity index (χ1v) is 7.94. The Kier molecular flexibility index (Phi) is 4.28. The van der Waals surface area contributed by atoms with Crippen molar-refractivity contribution in [3.8, 4) is 0 Å². The normalized spacial score (nSPS) is 11.1. The Hall–Kier alpha value is -2.05. The number of carboxylic acids is 1. The van der Waals surface area contributed by atoms with Crippen molar-refractivity contribution < 1.29 is 14.3 Å². The van der Waals surface area contributed by atoms with Crippen LogP contribution in [0, 0.1) is 12.7 Å². The van der Waals surface area contributed by atoms with Gasteiger partial charge in [0.2, 0.25) is 0 Å². The number of aromatic nitrogens is 2. The molecule has 3 aromatic rings. The van der Waals surface area contributed by atoms with Crippen molar-refractivity contribution in [1.82, 2.24) is 9.55 Å². The van der Waals surface area contributed by atoms with E-state index < -0.39 is 11.8 Å². The summed E-state index contributed by atoms with van der Waals surface area (Å²) in [4.78, 5) is 16.9. The fraction of sp³-hybridized carbons (Fsp3) is 0.125. The number of benzene rings is 1. The Morgan fingerprint density at radius 3 is 2.74 bits per heavy atom. The van der Waals surface area contributed by atoms with E-state index in [9.17, 15) is 9.18 Å². The number of rotatable bonds is 4. The minimum Gasteiger partial charge on any atom is -0.480 e. The summed E-state index contributed by atoms with van der Waals surface area (Å²) in [5.74, 6) is -1.43. The summed E-state index contributed by atoms with van der Waals surface area (Å²) in [5.41, 5.74) is 1.20. The van der Waals surface area contributed by atoms with Gasteiger partial charge in [-0.05, 0) is 37.3 Å². The fourth-order valence-corrected chi connectivity index (χ4v) is 3.52. The van der Waals surface area contributed by atoms with Crippen molar-refractivity contribution >= 4 is 40.4 Å². The molecule has 0 saturated heterocycles. The molecule has 0 saturated carbocycles. The second kappa shape index (κ2) is 6.22. The van der Waals surface area contributed by atoms with E-state index in [1.165, 1.54) is 17.8 Å². The van der Waals surface area contributed by atoms with Crippen molar-refractivity contribution in [2.45, 2.75) is 23.3 Å². The average molecular weight is 351 g/mol. The van der Waals surface area contributed by atoms with Crippen LogP contribution in [0.4, 0.5) is 4.39 Å². The first kappa shape index (κ1) is 15.8. The van der Waals surface area contributed by atoms with Gasteiger partial charge in [-0.25, -0.2) is 9.37 Å². The molecule has 0 aliphatic heterocycles. The molecule has 2 aromatic heterocycles. The molecule has 0 unspecified atom stereocenters. The predicted octanol–water partition coefficient (Wildman–Crippen LogP) is 4.37. The number of halogens is 2. The number of carboxylic acid groups (broad SMARTS) is 1. The van der Waals surface area contributed by atoms with E-state index >= 15 is 0 Å². The summed E-state index contributed by atoms with van der Waals surface area (Å²) < 4.78 is 15.2. The van der Waals surface area contributed by atoms with Crippen LogP contribution in [0.15, 0.2) is 46.3 Å². The third-order valence-electron chi connectivity index (χ3n) is 3.39. The highest BCUT2D eigenvalue weighted by Gasteiger charge is 2.18. The van der Waals surface area contributed by atoms with Crippen LogP contribution < -0.4 is 0 Å². The quantitative estimate of drug-likeness (QED) is 0.759. The van der Waals surface area contributed by atoms with Gasteiger partial charge in [0.15, 0.2) is 0 Å². The van der Waals surface area contributed by atoms with Gasteiger partial charge < -0.3 is 9.67 Å². The highest BCUT2D eigenvalue weighted by atomic mass is 35.5. The second-order valence-corrected chi connectivity index (χ2v) is 6.50. The van der Waals surface area contributed by atoms with Gasteiger partial charge in [-0.3, -0.25) is 4.79 Å². The Morgan fingerprint density at radius 2 is 2.09 bits per heavy atom. The molecule has 3 rings (SSSR count). The minimum absolute atomic E-state index is 0.220. The van der Waals surface area contributed by atoms with Crippen molar-refractivity contribution in [1.29, 1.82) is 0 Å². The van der Waals surface area contributed by atoms with Crippen LogP contribution in [-0.4, -0.2) is 20.6 Å². The zero-order valence-corrected chi connectivity index (χ0v) is 13.7. The molecule has 1 aromatic carbocycles. The number of fused-ring (bicyclic) bond motifs is 1. The zero-order valence-electron chi connectivity index (χ0n) is 12.1. The van der Waals surface area contributed by atoms with E-state index in [0.29, 0.717) is 16.1 Å². The van der Waals surface area contributed by atoms with Gasteiger partial charge in [-0.1, -0.05) is 23.4 Å². The topological polar surface area (TPSA) is 55.1 Å². The van der Waals surface area contributed by atoms with Crippen LogP contribution in [-0.2, 0) is 11.3 Å². The Bertz CT molecular complexity index is 893. The maximum atomic E-state index is 13.6. The molecule has 118 valence electrons. The third kappa shape index (κ3) is 3.18. The summed E-state index contributed by atoms with van der Waals surface area (Å²) in [5, 5.41) is 10.3. The van der Waals surface area contributed by atoms with Gasteiger partial charge in [-0.2, -0.15) is 0 Å². The highest BCUT2D eigenvalue weighted by Crippen LogP contribution is 2.38. The number of aliphatic carboxylic acids is 1. The van der Waals surface area contributed by atoms with Crippen LogP contribution in [0.1, 0.15) is 5.69 Å². The molecule has 0 radical (unpaired) electrons. The van der Waals surface area contributed by atoms with Gasteiger partial charge in [0.1, 0.15) is 18.0 Å². The van der Waals surface area contributed by atoms with Crippen molar-refractivity contribution in [3.05, 3.63) is 53.1 Å². The van der Waals surface area contributed by atoms with Gasteiger partial charge >= 0.3 is 5.97 Å². The number of nitrogens with zero attached hydrogens (tertiary/aromatic N) is 2. The first-order valence-electron chi connectivity index (χ1n) is 6.75. The number of hydrogen-bond acceptors (Lipinski definition) is 3. The number of hydrogen-bond donors (Lipinski definition) is 1. The van der Waals surface area contributed by atoms with Crippen LogP contribution in [0.5, 0.6) is 0 Å². The van der Waals surface area contributed by atoms with Crippen LogP contribution in [0.2, 0.25) is 5.02 Å². The highest BCUT2D eigenvalue weighted by molar-refractivity contribution is 7.99. The van der Waals surface area contributed by atoms with Crippen LogP contribution in [0.25, 0.3) is 11.0 Å². The lowest BCUT2D eigenvalue weighted by molar-refractivity contribution is -0.137. The molecule has 0 atom stereocenters. The number of carbonyl (C=O) groups is 1. The van der Waals surface area contributed by atoms with E-state index in [4.69, 9.17) is 16.7 Å².